The van der Waals surface area contributed by atoms with E-state index in [1.54, 1.807) is 12.1 Å². The third-order valence-corrected chi connectivity index (χ3v) is 5.89. The smallest absolute Gasteiger partial charge is 0.385 e. The van der Waals surface area contributed by atoms with Crippen molar-refractivity contribution in [2.75, 3.05) is 6.61 Å². The van der Waals surface area contributed by atoms with E-state index in [-0.39, 0.29) is 0 Å². The lowest BCUT2D eigenvalue weighted by molar-refractivity contribution is -0.447. The summed E-state index contributed by atoms with van der Waals surface area (Å²) in [5.74, 6) is -57.6. The van der Waals surface area contributed by atoms with Crippen LogP contribution in [0.5, 0.6) is 0 Å². The summed E-state index contributed by atoms with van der Waals surface area (Å²) in [5.41, 5.74) is 0.801. The normalized spacial score (nSPS) is 14.3. The predicted molar refractivity (Wildman–Crippen MR) is 115 cm³/mol. The van der Waals surface area contributed by atoms with Crippen molar-refractivity contribution in [1.29, 1.82) is 0 Å². The van der Waals surface area contributed by atoms with E-state index in [1.165, 1.54) is 6.20 Å². The Morgan fingerprint density at radius 3 is 1.65 bits per heavy atom. The molecular weight excluding hydrogens is 638 g/mol. The van der Waals surface area contributed by atoms with Gasteiger partial charge in [0, 0.05) is 11.8 Å². The van der Waals surface area contributed by atoms with Crippen molar-refractivity contribution in [1.82, 2.24) is 4.98 Å². The fourth-order valence-electron chi connectivity index (χ4n) is 3.31. The molecule has 0 atom stereocenters. The van der Waals surface area contributed by atoms with E-state index in [2.05, 4.69) is 9.72 Å². The molecule has 0 aliphatic carbocycles. The minimum absolute atomic E-state index is 0.313. The van der Waals surface area contributed by atoms with Crippen molar-refractivity contribution in [3.63, 3.8) is 0 Å². The molecule has 1 heterocycles. The molecule has 0 aliphatic heterocycles. The number of rotatable bonds is 13. The number of halogens is 16. The van der Waals surface area contributed by atoms with Crippen molar-refractivity contribution in [3.05, 3.63) is 53.7 Å². The van der Waals surface area contributed by atoms with Crippen LogP contribution in [0.4, 0.5) is 70.2 Å². The summed E-state index contributed by atoms with van der Waals surface area (Å²) in [7, 11) is 0. The van der Waals surface area contributed by atoms with Crippen molar-refractivity contribution in [2.45, 2.75) is 67.6 Å². The van der Waals surface area contributed by atoms with E-state index < -0.39 is 66.0 Å². The van der Waals surface area contributed by atoms with Crippen LogP contribution in [0.2, 0.25) is 0 Å². The summed E-state index contributed by atoms with van der Waals surface area (Å²) in [4.78, 5) is 16.1. The number of alkyl halides is 16. The molecule has 0 saturated carbocycles. The zero-order valence-electron chi connectivity index (χ0n) is 21.1. The number of benzene rings is 1. The molecule has 0 aliphatic rings. The summed E-state index contributed by atoms with van der Waals surface area (Å²) < 4.78 is 218. The van der Waals surface area contributed by atoms with Crippen LogP contribution in [0.25, 0.3) is 11.3 Å². The SMILES string of the molecule is CCCc1ccc(-c2ccc(C(=O)OCC(F)(F)C(F)(F)C(F)(F)C(F)(F)C(F)(F)C(F)(F)C(F)(F)C(F)F)cc2)nc1. The highest BCUT2D eigenvalue weighted by atomic mass is 19.4. The van der Waals surface area contributed by atoms with E-state index in [1.807, 2.05) is 6.92 Å². The molecule has 0 fully saturated rings. The molecule has 43 heavy (non-hydrogen) atoms. The van der Waals surface area contributed by atoms with Crippen LogP contribution in [0.1, 0.15) is 29.3 Å². The van der Waals surface area contributed by atoms with Crippen molar-refractivity contribution < 1.29 is 79.8 Å². The maximum absolute atomic E-state index is 14.0. The van der Waals surface area contributed by atoms with Gasteiger partial charge in [0.25, 0.3) is 0 Å². The zero-order chi connectivity index (χ0) is 33.4. The first-order chi connectivity index (χ1) is 19.3. The standard InChI is InChI=1S/C24H17F16NO2/c1-2-3-12-4-9-15(41-10-12)13-5-7-14(8-6-13)16(42)43-11-18(27,28)20(31,32)22(35,36)24(39,40)23(37,38)21(33,34)19(29,30)17(25)26/h4-10,17H,2-3,11H2,1H3. The van der Waals surface area contributed by atoms with Gasteiger partial charge in [0.15, 0.2) is 6.61 Å². The summed E-state index contributed by atoms with van der Waals surface area (Å²) in [6.45, 7) is -1.34. The predicted octanol–water partition coefficient (Wildman–Crippen LogP) is 8.57. The highest BCUT2D eigenvalue weighted by molar-refractivity contribution is 5.90. The summed E-state index contributed by atoms with van der Waals surface area (Å²) in [6, 6.07) is 7.21. The Bertz CT molecular complexity index is 1260. The maximum Gasteiger partial charge on any atom is 0.385 e. The van der Waals surface area contributed by atoms with Crippen LogP contribution in [0, 0.1) is 0 Å². The molecule has 0 bridgehead atoms. The number of carbonyl (C=O) groups excluding carboxylic acids is 1. The Labute approximate surface area is 230 Å². The van der Waals surface area contributed by atoms with Gasteiger partial charge in [0.1, 0.15) is 0 Å². The first kappa shape index (κ1) is 35.9. The molecule has 3 nitrogen and oxygen atoms in total. The van der Waals surface area contributed by atoms with Crippen LogP contribution in [0.15, 0.2) is 42.6 Å². The number of ether oxygens (including phenoxy) is 1. The van der Waals surface area contributed by atoms with Gasteiger partial charge >= 0.3 is 53.9 Å². The van der Waals surface area contributed by atoms with Gasteiger partial charge in [0.2, 0.25) is 0 Å². The topological polar surface area (TPSA) is 39.2 Å². The van der Waals surface area contributed by atoms with Crippen LogP contribution < -0.4 is 0 Å². The van der Waals surface area contributed by atoms with Crippen LogP contribution in [0.3, 0.4) is 0 Å². The Kier molecular flexibility index (Phi) is 9.74. The Morgan fingerprint density at radius 1 is 0.721 bits per heavy atom. The van der Waals surface area contributed by atoms with Gasteiger partial charge in [-0.2, -0.15) is 61.5 Å². The lowest BCUT2D eigenvalue weighted by Crippen LogP contribution is -2.74. The summed E-state index contributed by atoms with van der Waals surface area (Å²) >= 11 is 0. The van der Waals surface area contributed by atoms with E-state index >= 15 is 0 Å². The molecular formula is C24H17F16NO2. The second-order valence-corrected chi connectivity index (χ2v) is 8.96. The lowest BCUT2D eigenvalue weighted by Gasteiger charge is -2.42. The number of carbonyl (C=O) groups is 1. The number of hydrogen-bond acceptors (Lipinski definition) is 3. The highest BCUT2D eigenvalue weighted by Crippen LogP contribution is 2.62. The van der Waals surface area contributed by atoms with E-state index in [0.717, 1.165) is 36.2 Å². The number of hydrogen-bond donors (Lipinski definition) is 0. The third-order valence-electron chi connectivity index (χ3n) is 5.89. The molecule has 0 unspecified atom stereocenters. The number of aromatic nitrogens is 1. The van der Waals surface area contributed by atoms with Crippen molar-refractivity contribution >= 4 is 5.97 Å². The van der Waals surface area contributed by atoms with Crippen molar-refractivity contribution in [3.8, 4) is 11.3 Å². The van der Waals surface area contributed by atoms with Gasteiger partial charge in [-0.25, -0.2) is 13.6 Å². The molecule has 2 aromatic rings. The number of aryl methyl sites for hydroxylation is 1. The Hall–Kier alpha value is -3.28. The molecule has 0 spiro atoms. The average Bonchev–Trinajstić information content (AvgIpc) is 2.91. The number of pyridine rings is 1. The molecule has 1 aromatic carbocycles. The molecule has 0 radical (unpaired) electrons. The van der Waals surface area contributed by atoms with Crippen LogP contribution in [-0.4, -0.2) is 65.4 Å². The molecule has 2 rings (SSSR count). The molecule has 19 heteroatoms. The second kappa shape index (κ2) is 11.7. The first-order valence-electron chi connectivity index (χ1n) is 11.5. The van der Waals surface area contributed by atoms with E-state index in [4.69, 9.17) is 0 Å². The number of nitrogens with zero attached hydrogens (tertiary/aromatic N) is 1. The zero-order valence-corrected chi connectivity index (χ0v) is 21.1. The van der Waals surface area contributed by atoms with E-state index in [9.17, 15) is 75.0 Å². The van der Waals surface area contributed by atoms with Gasteiger partial charge in [-0.05, 0) is 30.2 Å². The first-order valence-corrected chi connectivity index (χ1v) is 11.5. The molecule has 0 amide bonds. The fourth-order valence-corrected chi connectivity index (χ4v) is 3.31. The monoisotopic (exact) mass is 655 g/mol. The van der Waals surface area contributed by atoms with Gasteiger partial charge in [-0.1, -0.05) is 31.5 Å². The fraction of sp³-hybridized carbons (Fsp3) is 0.500. The van der Waals surface area contributed by atoms with Crippen LogP contribution >= 0.6 is 0 Å². The quantitative estimate of drug-likeness (QED) is 0.160. The van der Waals surface area contributed by atoms with Gasteiger partial charge < -0.3 is 4.74 Å². The molecule has 242 valence electrons. The molecule has 1 aromatic heterocycles. The Balaban J connectivity index is 2.27. The maximum atomic E-state index is 14.0. The van der Waals surface area contributed by atoms with Gasteiger partial charge in [0.05, 0.1) is 11.3 Å². The summed E-state index contributed by atoms with van der Waals surface area (Å²) in [5, 5.41) is 0. The second-order valence-electron chi connectivity index (χ2n) is 8.96. The highest BCUT2D eigenvalue weighted by Gasteiger charge is 2.93. The van der Waals surface area contributed by atoms with Crippen LogP contribution in [-0.2, 0) is 11.2 Å². The molecule has 0 saturated heterocycles. The van der Waals surface area contributed by atoms with E-state index in [0.29, 0.717) is 17.7 Å². The minimum Gasteiger partial charge on any atom is -0.455 e. The lowest BCUT2D eigenvalue weighted by atomic mass is 9.89. The Morgan fingerprint density at radius 2 is 1.21 bits per heavy atom. The third kappa shape index (κ3) is 5.94. The largest absolute Gasteiger partial charge is 0.455 e. The average molecular weight is 655 g/mol. The van der Waals surface area contributed by atoms with Gasteiger partial charge in [-0.15, -0.1) is 0 Å². The van der Waals surface area contributed by atoms with Gasteiger partial charge in [-0.3, -0.25) is 4.98 Å². The molecule has 0 N–H and O–H groups in total. The number of esters is 1. The minimum atomic E-state index is -8.52. The van der Waals surface area contributed by atoms with Crippen molar-refractivity contribution in [2.24, 2.45) is 0 Å². The summed E-state index contributed by atoms with van der Waals surface area (Å²) in [6.07, 6.45) is -2.89.